The standard InChI is InChI=1S/C20H17N5O3S/c26-18-14-10-21-19-22-20(23-25(19)15(14)5-6-24(18)13-2-3-13)29-11-12-1-4-16-17(9-12)28-8-7-27-16/h1,4-6,9-10,13H,2-3,7-8,11H2. The fourth-order valence-corrected chi connectivity index (χ4v) is 4.30. The molecule has 0 amide bonds. The molecule has 8 nitrogen and oxygen atoms in total. The van der Waals surface area contributed by atoms with Gasteiger partial charge in [-0.3, -0.25) is 4.79 Å². The van der Waals surface area contributed by atoms with Crippen LogP contribution < -0.4 is 15.0 Å². The maximum atomic E-state index is 12.7. The Bertz CT molecular complexity index is 1310. The summed E-state index contributed by atoms with van der Waals surface area (Å²) in [6, 6.07) is 8.19. The van der Waals surface area contributed by atoms with Gasteiger partial charge in [0, 0.05) is 24.2 Å². The van der Waals surface area contributed by atoms with Crippen molar-refractivity contribution in [2.75, 3.05) is 13.2 Å². The minimum absolute atomic E-state index is 0.0135. The molecule has 1 saturated carbocycles. The van der Waals surface area contributed by atoms with Crippen LogP contribution >= 0.6 is 11.8 Å². The quantitative estimate of drug-likeness (QED) is 0.481. The Morgan fingerprint density at radius 2 is 2.00 bits per heavy atom. The van der Waals surface area contributed by atoms with E-state index in [1.165, 1.54) is 11.8 Å². The lowest BCUT2D eigenvalue weighted by Crippen LogP contribution is -2.19. The van der Waals surface area contributed by atoms with Crippen molar-refractivity contribution in [1.82, 2.24) is 24.1 Å². The highest BCUT2D eigenvalue weighted by atomic mass is 32.2. The van der Waals surface area contributed by atoms with E-state index in [0.717, 1.165) is 35.4 Å². The average Bonchev–Trinajstić information content (AvgIpc) is 3.50. The first kappa shape index (κ1) is 16.8. The highest BCUT2D eigenvalue weighted by Gasteiger charge is 2.25. The molecule has 4 aromatic rings. The maximum absolute atomic E-state index is 12.7. The maximum Gasteiger partial charge on any atom is 0.261 e. The van der Waals surface area contributed by atoms with E-state index in [2.05, 4.69) is 15.1 Å². The summed E-state index contributed by atoms with van der Waals surface area (Å²) >= 11 is 1.52. The Morgan fingerprint density at radius 3 is 2.86 bits per heavy atom. The number of thioether (sulfide) groups is 1. The molecule has 0 N–H and O–H groups in total. The van der Waals surface area contributed by atoms with E-state index in [0.29, 0.717) is 41.3 Å². The molecule has 3 aromatic heterocycles. The molecule has 1 fully saturated rings. The molecule has 0 bridgehead atoms. The molecule has 0 saturated heterocycles. The first-order valence-electron chi connectivity index (χ1n) is 9.54. The molecule has 1 aliphatic heterocycles. The summed E-state index contributed by atoms with van der Waals surface area (Å²) in [6.45, 7) is 1.15. The predicted molar refractivity (Wildman–Crippen MR) is 108 cm³/mol. The monoisotopic (exact) mass is 407 g/mol. The van der Waals surface area contributed by atoms with Gasteiger partial charge < -0.3 is 14.0 Å². The minimum atomic E-state index is -0.0135. The lowest BCUT2D eigenvalue weighted by molar-refractivity contribution is 0.171. The van der Waals surface area contributed by atoms with Gasteiger partial charge in [0.25, 0.3) is 11.3 Å². The smallest absolute Gasteiger partial charge is 0.261 e. The van der Waals surface area contributed by atoms with E-state index in [-0.39, 0.29) is 5.56 Å². The minimum Gasteiger partial charge on any atom is -0.486 e. The molecule has 0 unspecified atom stereocenters. The summed E-state index contributed by atoms with van der Waals surface area (Å²) in [4.78, 5) is 21.6. The Balaban J connectivity index is 1.30. The number of hydrogen-bond acceptors (Lipinski definition) is 7. The zero-order valence-corrected chi connectivity index (χ0v) is 16.3. The largest absolute Gasteiger partial charge is 0.486 e. The zero-order chi connectivity index (χ0) is 19.4. The van der Waals surface area contributed by atoms with Crippen molar-refractivity contribution in [2.45, 2.75) is 29.8 Å². The lowest BCUT2D eigenvalue weighted by atomic mass is 10.2. The molecule has 29 heavy (non-hydrogen) atoms. The highest BCUT2D eigenvalue weighted by Crippen LogP contribution is 2.34. The van der Waals surface area contributed by atoms with Gasteiger partial charge in [-0.1, -0.05) is 17.8 Å². The molecule has 146 valence electrons. The molecule has 2 aliphatic rings. The van der Waals surface area contributed by atoms with E-state index in [1.807, 2.05) is 30.5 Å². The van der Waals surface area contributed by atoms with Gasteiger partial charge >= 0.3 is 0 Å². The van der Waals surface area contributed by atoms with Gasteiger partial charge in [0.15, 0.2) is 11.5 Å². The number of aromatic nitrogens is 5. The first-order chi connectivity index (χ1) is 14.3. The number of hydrogen-bond donors (Lipinski definition) is 0. The Labute approximate surface area is 169 Å². The van der Waals surface area contributed by atoms with Crippen molar-refractivity contribution in [1.29, 1.82) is 0 Å². The van der Waals surface area contributed by atoms with E-state index in [1.54, 1.807) is 15.3 Å². The van der Waals surface area contributed by atoms with Gasteiger partial charge in [-0.15, -0.1) is 5.10 Å². The lowest BCUT2D eigenvalue weighted by Gasteiger charge is -2.18. The molecule has 1 aromatic carbocycles. The number of pyridine rings is 1. The molecule has 0 atom stereocenters. The van der Waals surface area contributed by atoms with Crippen LogP contribution in [0.2, 0.25) is 0 Å². The molecule has 4 heterocycles. The van der Waals surface area contributed by atoms with E-state index in [4.69, 9.17) is 9.47 Å². The molecule has 0 radical (unpaired) electrons. The number of fused-ring (bicyclic) bond motifs is 4. The fraction of sp³-hybridized carbons (Fsp3) is 0.300. The van der Waals surface area contributed by atoms with Crippen molar-refractivity contribution in [3.05, 3.63) is 52.6 Å². The van der Waals surface area contributed by atoms with Crippen LogP contribution in [0.25, 0.3) is 16.7 Å². The number of nitrogens with zero attached hydrogens (tertiary/aromatic N) is 5. The third-order valence-corrected chi connectivity index (χ3v) is 6.07. The van der Waals surface area contributed by atoms with Crippen molar-refractivity contribution in [2.24, 2.45) is 0 Å². The summed E-state index contributed by atoms with van der Waals surface area (Å²) in [5, 5.41) is 5.76. The van der Waals surface area contributed by atoms with Crippen LogP contribution in [0, 0.1) is 0 Å². The molecule has 1 aliphatic carbocycles. The van der Waals surface area contributed by atoms with Crippen LogP contribution in [0.3, 0.4) is 0 Å². The van der Waals surface area contributed by atoms with Crippen LogP contribution in [0.1, 0.15) is 24.4 Å². The van der Waals surface area contributed by atoms with Crippen molar-refractivity contribution >= 4 is 28.4 Å². The molecular formula is C20H17N5O3S. The number of ether oxygens (including phenoxy) is 2. The second-order valence-corrected chi connectivity index (χ2v) is 8.13. The second kappa shape index (κ2) is 6.48. The summed E-state index contributed by atoms with van der Waals surface area (Å²) in [5.41, 5.74) is 1.82. The zero-order valence-electron chi connectivity index (χ0n) is 15.4. The van der Waals surface area contributed by atoms with Gasteiger partial charge in [0.05, 0.1) is 10.9 Å². The van der Waals surface area contributed by atoms with Crippen LogP contribution in [-0.2, 0) is 5.75 Å². The average molecular weight is 407 g/mol. The highest BCUT2D eigenvalue weighted by molar-refractivity contribution is 7.98. The summed E-state index contributed by atoms with van der Waals surface area (Å²) < 4.78 is 14.7. The third-order valence-electron chi connectivity index (χ3n) is 5.16. The summed E-state index contributed by atoms with van der Waals surface area (Å²) in [6.07, 6.45) is 5.58. The normalized spacial score (nSPS) is 15.9. The van der Waals surface area contributed by atoms with Gasteiger partial charge in [-0.05, 0) is 36.6 Å². The number of rotatable bonds is 4. The summed E-state index contributed by atoms with van der Waals surface area (Å²) in [7, 11) is 0. The van der Waals surface area contributed by atoms with Gasteiger partial charge in [-0.2, -0.15) is 9.50 Å². The van der Waals surface area contributed by atoms with Crippen LogP contribution in [0.15, 0.2) is 46.6 Å². The molecule has 6 rings (SSSR count). The molecular weight excluding hydrogens is 390 g/mol. The third kappa shape index (κ3) is 2.93. The van der Waals surface area contributed by atoms with E-state index in [9.17, 15) is 4.79 Å². The van der Waals surface area contributed by atoms with Gasteiger partial charge in [0.2, 0.25) is 5.16 Å². The van der Waals surface area contributed by atoms with Crippen molar-refractivity contribution in [3.8, 4) is 11.5 Å². The molecule has 9 heteroatoms. The Kier molecular flexibility index (Phi) is 3.77. The fourth-order valence-electron chi connectivity index (χ4n) is 3.54. The Hall–Kier alpha value is -3.07. The Morgan fingerprint density at radius 1 is 1.14 bits per heavy atom. The SMILES string of the molecule is O=c1c2cnc3nc(SCc4ccc5c(c4)OCCO5)nn3c2ccn1C1CC1. The van der Waals surface area contributed by atoms with Crippen molar-refractivity contribution in [3.63, 3.8) is 0 Å². The van der Waals surface area contributed by atoms with Crippen LogP contribution in [-0.4, -0.2) is 37.4 Å². The van der Waals surface area contributed by atoms with Crippen LogP contribution in [0.4, 0.5) is 0 Å². The van der Waals surface area contributed by atoms with Gasteiger partial charge in [0.1, 0.15) is 13.2 Å². The van der Waals surface area contributed by atoms with Gasteiger partial charge in [-0.25, -0.2) is 4.98 Å². The topological polar surface area (TPSA) is 83.5 Å². The molecule has 0 spiro atoms. The van der Waals surface area contributed by atoms with E-state index >= 15 is 0 Å². The summed E-state index contributed by atoms with van der Waals surface area (Å²) in [5.74, 6) is 2.74. The first-order valence-corrected chi connectivity index (χ1v) is 10.5. The van der Waals surface area contributed by atoms with Crippen molar-refractivity contribution < 1.29 is 9.47 Å². The predicted octanol–water partition coefficient (Wildman–Crippen LogP) is 2.84. The number of benzene rings is 1. The van der Waals surface area contributed by atoms with E-state index < -0.39 is 0 Å². The second-order valence-electron chi connectivity index (χ2n) is 7.19. The van der Waals surface area contributed by atoms with Crippen LogP contribution in [0.5, 0.6) is 11.5 Å².